The first-order valence-corrected chi connectivity index (χ1v) is 9.54. The van der Waals surface area contributed by atoms with Crippen LogP contribution in [0.4, 0.5) is 5.69 Å². The lowest BCUT2D eigenvalue weighted by Crippen LogP contribution is -2.44. The molecular weight excluding hydrogens is 328 g/mol. The summed E-state index contributed by atoms with van der Waals surface area (Å²) in [7, 11) is 0. The van der Waals surface area contributed by atoms with Crippen LogP contribution in [0.5, 0.6) is 0 Å². The smallest absolute Gasteiger partial charge is 0.271 e. The molecule has 0 aliphatic carbocycles. The quantitative estimate of drug-likeness (QED) is 0.917. The average molecular weight is 354 g/mol. The van der Waals surface area contributed by atoms with E-state index >= 15 is 0 Å². The number of piperidine rings is 2. The lowest BCUT2D eigenvalue weighted by Gasteiger charge is -2.37. The number of nitrogens with zero attached hydrogens (tertiary/aromatic N) is 3. The molecule has 0 radical (unpaired) electrons. The van der Waals surface area contributed by atoms with E-state index in [2.05, 4.69) is 45.4 Å². The van der Waals surface area contributed by atoms with Gasteiger partial charge in [0.2, 0.25) is 0 Å². The molecule has 138 valence electrons. The normalized spacial score (nSPS) is 19.7. The van der Waals surface area contributed by atoms with Crippen molar-refractivity contribution in [2.45, 2.75) is 37.9 Å². The molecule has 0 unspecified atom stereocenters. The summed E-state index contributed by atoms with van der Waals surface area (Å²) in [6.45, 7) is 3.61. The molecule has 1 amide bonds. The highest BCUT2D eigenvalue weighted by Crippen LogP contribution is 2.24. The Balaban J connectivity index is 1.21. The first kappa shape index (κ1) is 17.1. The first-order chi connectivity index (χ1) is 12.8. The van der Waals surface area contributed by atoms with E-state index < -0.39 is 0 Å². The molecule has 2 aliphatic rings. The number of carbonyl (C=O) groups excluding carboxylic acids is 1. The number of anilines is 1. The summed E-state index contributed by atoms with van der Waals surface area (Å²) in [6.07, 6.45) is 6.20. The van der Waals surface area contributed by atoms with Crippen LogP contribution < -0.4 is 4.90 Å². The molecular formula is C20H26N4O2. The Morgan fingerprint density at radius 1 is 0.962 bits per heavy atom. The highest BCUT2D eigenvalue weighted by molar-refractivity contribution is 5.92. The van der Waals surface area contributed by atoms with E-state index in [1.54, 1.807) is 12.3 Å². The zero-order valence-electron chi connectivity index (χ0n) is 15.0. The van der Waals surface area contributed by atoms with Gasteiger partial charge in [-0.15, -0.1) is 0 Å². The van der Waals surface area contributed by atoms with Crippen molar-refractivity contribution < 1.29 is 9.53 Å². The van der Waals surface area contributed by atoms with E-state index in [4.69, 9.17) is 4.74 Å². The number of benzene rings is 1. The molecule has 4 rings (SSSR count). The molecule has 6 nitrogen and oxygen atoms in total. The van der Waals surface area contributed by atoms with Crippen LogP contribution >= 0.6 is 0 Å². The standard InChI is InChI=1S/C20H26N4O2/c25-20(19-6-11-21-22-19)24-14-9-18(10-15-24)26-17-7-12-23(13-8-17)16-4-2-1-3-5-16/h1-6,11,17-18H,7-10,12-15H2,(H,21,22). The summed E-state index contributed by atoms with van der Waals surface area (Å²) in [4.78, 5) is 16.7. The molecule has 0 atom stereocenters. The van der Waals surface area contributed by atoms with Crippen LogP contribution in [0.3, 0.4) is 0 Å². The van der Waals surface area contributed by atoms with E-state index in [1.165, 1.54) is 5.69 Å². The van der Waals surface area contributed by atoms with Crippen molar-refractivity contribution in [3.63, 3.8) is 0 Å². The van der Waals surface area contributed by atoms with Gasteiger partial charge in [-0.3, -0.25) is 9.89 Å². The minimum Gasteiger partial charge on any atom is -0.375 e. The van der Waals surface area contributed by atoms with Gasteiger partial charge in [0, 0.05) is 38.1 Å². The largest absolute Gasteiger partial charge is 0.375 e. The van der Waals surface area contributed by atoms with Crippen molar-refractivity contribution in [2.75, 3.05) is 31.1 Å². The number of H-pyrrole nitrogens is 1. The summed E-state index contributed by atoms with van der Waals surface area (Å²) >= 11 is 0. The number of para-hydroxylation sites is 1. The zero-order chi connectivity index (χ0) is 17.8. The summed E-state index contributed by atoms with van der Waals surface area (Å²) in [5.74, 6) is 0.0390. The Hall–Kier alpha value is -2.34. The lowest BCUT2D eigenvalue weighted by molar-refractivity contribution is -0.0478. The molecule has 26 heavy (non-hydrogen) atoms. The number of aromatic amines is 1. The fourth-order valence-corrected chi connectivity index (χ4v) is 3.90. The third kappa shape index (κ3) is 3.90. The topological polar surface area (TPSA) is 61.5 Å². The number of hydrogen-bond acceptors (Lipinski definition) is 4. The monoisotopic (exact) mass is 354 g/mol. The molecule has 0 bridgehead atoms. The van der Waals surface area contributed by atoms with Crippen LogP contribution in [0.2, 0.25) is 0 Å². The zero-order valence-corrected chi connectivity index (χ0v) is 15.0. The van der Waals surface area contributed by atoms with Crippen LogP contribution in [0.15, 0.2) is 42.6 Å². The minimum atomic E-state index is 0.0390. The lowest BCUT2D eigenvalue weighted by atomic mass is 10.0. The molecule has 1 aromatic carbocycles. The maximum Gasteiger partial charge on any atom is 0.271 e. The van der Waals surface area contributed by atoms with Crippen LogP contribution in [-0.2, 0) is 4.74 Å². The summed E-state index contributed by atoms with van der Waals surface area (Å²) in [5.41, 5.74) is 1.87. The summed E-state index contributed by atoms with van der Waals surface area (Å²) < 4.78 is 6.35. The average Bonchev–Trinajstić information content (AvgIpc) is 3.24. The Kier molecular flexibility index (Phi) is 5.20. The van der Waals surface area contributed by atoms with Gasteiger partial charge in [0.15, 0.2) is 0 Å². The Morgan fingerprint density at radius 3 is 2.23 bits per heavy atom. The fraction of sp³-hybridized carbons (Fsp3) is 0.500. The summed E-state index contributed by atoms with van der Waals surface area (Å²) in [5, 5.41) is 6.61. The van der Waals surface area contributed by atoms with Crippen LogP contribution in [0.25, 0.3) is 0 Å². The molecule has 0 saturated carbocycles. The molecule has 1 aromatic heterocycles. The molecule has 6 heteroatoms. The summed E-state index contributed by atoms with van der Waals surface area (Å²) in [6, 6.07) is 12.3. The van der Waals surface area contributed by atoms with E-state index in [1.807, 2.05) is 4.90 Å². The number of ether oxygens (including phenoxy) is 1. The molecule has 2 saturated heterocycles. The molecule has 2 aliphatic heterocycles. The second kappa shape index (κ2) is 7.91. The number of rotatable bonds is 4. The van der Waals surface area contributed by atoms with Crippen molar-refractivity contribution in [1.29, 1.82) is 0 Å². The van der Waals surface area contributed by atoms with Crippen molar-refractivity contribution in [1.82, 2.24) is 15.1 Å². The maximum atomic E-state index is 12.3. The number of hydrogen-bond donors (Lipinski definition) is 1. The van der Waals surface area contributed by atoms with Crippen LogP contribution in [0, 0.1) is 0 Å². The van der Waals surface area contributed by atoms with Gasteiger partial charge >= 0.3 is 0 Å². The van der Waals surface area contributed by atoms with E-state index in [-0.39, 0.29) is 12.0 Å². The van der Waals surface area contributed by atoms with Crippen molar-refractivity contribution >= 4 is 11.6 Å². The number of amides is 1. The number of aromatic nitrogens is 2. The van der Waals surface area contributed by atoms with Gasteiger partial charge in [-0.05, 0) is 43.9 Å². The van der Waals surface area contributed by atoms with Crippen molar-refractivity contribution in [3.8, 4) is 0 Å². The van der Waals surface area contributed by atoms with Crippen molar-refractivity contribution in [2.24, 2.45) is 0 Å². The SMILES string of the molecule is O=C(c1ccn[nH]1)N1CCC(OC2CCN(c3ccccc3)CC2)CC1. The van der Waals surface area contributed by atoms with Gasteiger partial charge < -0.3 is 14.5 Å². The third-order valence-electron chi connectivity index (χ3n) is 5.41. The van der Waals surface area contributed by atoms with Gasteiger partial charge in [0.05, 0.1) is 12.2 Å². The second-order valence-corrected chi connectivity index (χ2v) is 7.12. The number of likely N-dealkylation sites (tertiary alicyclic amines) is 1. The Labute approximate surface area is 154 Å². The minimum absolute atomic E-state index is 0.0390. The van der Waals surface area contributed by atoms with E-state index in [0.717, 1.165) is 51.9 Å². The number of nitrogens with one attached hydrogen (secondary N) is 1. The first-order valence-electron chi connectivity index (χ1n) is 9.54. The van der Waals surface area contributed by atoms with Gasteiger partial charge in [-0.1, -0.05) is 18.2 Å². The number of carbonyl (C=O) groups is 1. The van der Waals surface area contributed by atoms with E-state index in [0.29, 0.717) is 11.8 Å². The van der Waals surface area contributed by atoms with Crippen LogP contribution in [0.1, 0.15) is 36.2 Å². The van der Waals surface area contributed by atoms with Gasteiger partial charge in [0.1, 0.15) is 5.69 Å². The van der Waals surface area contributed by atoms with Crippen LogP contribution in [-0.4, -0.2) is 59.4 Å². The van der Waals surface area contributed by atoms with Crippen molar-refractivity contribution in [3.05, 3.63) is 48.3 Å². The highest BCUT2D eigenvalue weighted by Gasteiger charge is 2.28. The molecule has 0 spiro atoms. The van der Waals surface area contributed by atoms with Gasteiger partial charge in [-0.25, -0.2) is 0 Å². The predicted octanol–water partition coefficient (Wildman–Crippen LogP) is 2.70. The molecule has 2 aromatic rings. The van der Waals surface area contributed by atoms with Gasteiger partial charge in [0.25, 0.3) is 5.91 Å². The maximum absolute atomic E-state index is 12.3. The third-order valence-corrected chi connectivity index (χ3v) is 5.41. The van der Waals surface area contributed by atoms with Gasteiger partial charge in [-0.2, -0.15) is 5.10 Å². The highest BCUT2D eigenvalue weighted by atomic mass is 16.5. The second-order valence-electron chi connectivity index (χ2n) is 7.12. The predicted molar refractivity (Wildman–Crippen MR) is 100 cm³/mol. The molecule has 2 fully saturated rings. The Bertz CT molecular complexity index is 688. The molecule has 1 N–H and O–H groups in total. The van der Waals surface area contributed by atoms with E-state index in [9.17, 15) is 4.79 Å². The Morgan fingerprint density at radius 2 is 1.62 bits per heavy atom. The fourth-order valence-electron chi connectivity index (χ4n) is 3.90. The molecule has 3 heterocycles.